The molecule has 40 heavy (non-hydrogen) atoms. The minimum Gasteiger partial charge on any atom is -0.497 e. The van der Waals surface area contributed by atoms with Crippen molar-refractivity contribution in [2.24, 2.45) is 0 Å². The number of anilines is 1. The third kappa shape index (κ3) is 6.39. The summed E-state index contributed by atoms with van der Waals surface area (Å²) in [6, 6.07) is 15.3. The van der Waals surface area contributed by atoms with Gasteiger partial charge in [0.2, 0.25) is 5.95 Å². The number of hydrogen-bond acceptors (Lipinski definition) is 10. The molecular weight excluding hydrogens is 512 g/mol. The van der Waals surface area contributed by atoms with Crippen molar-refractivity contribution in [3.05, 3.63) is 89.5 Å². The summed E-state index contributed by atoms with van der Waals surface area (Å²) in [4.78, 5) is 11.0. The monoisotopic (exact) mass is 546 g/mol. The van der Waals surface area contributed by atoms with Gasteiger partial charge >= 0.3 is 0 Å². The van der Waals surface area contributed by atoms with Crippen molar-refractivity contribution in [3.63, 3.8) is 0 Å². The first-order valence-electron chi connectivity index (χ1n) is 13.0. The predicted molar refractivity (Wildman–Crippen MR) is 147 cm³/mol. The normalized spacial score (nSPS) is 16.1. The van der Waals surface area contributed by atoms with Gasteiger partial charge in [-0.25, -0.2) is 14.6 Å². The van der Waals surface area contributed by atoms with Crippen LogP contribution in [0.3, 0.4) is 0 Å². The molecule has 3 heterocycles. The molecule has 11 heteroatoms. The average molecular weight is 547 g/mol. The Balaban J connectivity index is 1.48. The van der Waals surface area contributed by atoms with Crippen LogP contribution in [-0.4, -0.2) is 66.0 Å². The van der Waals surface area contributed by atoms with Crippen LogP contribution in [0.4, 0.5) is 5.95 Å². The second-order valence-electron chi connectivity index (χ2n) is 9.67. The molecule has 3 atom stereocenters. The number of benzene rings is 2. The van der Waals surface area contributed by atoms with Crippen molar-refractivity contribution >= 4 is 5.95 Å². The molecule has 2 aromatic heterocycles. The van der Waals surface area contributed by atoms with Gasteiger partial charge in [-0.05, 0) is 35.4 Å². The molecule has 11 nitrogen and oxygen atoms in total. The Bertz CT molecular complexity index is 1340. The van der Waals surface area contributed by atoms with E-state index < -0.39 is 12.2 Å². The van der Waals surface area contributed by atoms with E-state index in [1.807, 2.05) is 72.2 Å². The molecule has 4 aromatic rings. The van der Waals surface area contributed by atoms with Crippen molar-refractivity contribution in [1.29, 1.82) is 0 Å². The number of nitrogens with zero attached hydrogens (tertiary/aromatic N) is 6. The van der Waals surface area contributed by atoms with Crippen LogP contribution < -0.4 is 14.4 Å². The zero-order chi connectivity index (χ0) is 27.9. The molecule has 0 unspecified atom stereocenters. The maximum Gasteiger partial charge on any atom is 0.224 e. The smallest absolute Gasteiger partial charge is 0.224 e. The summed E-state index contributed by atoms with van der Waals surface area (Å²) in [6.45, 7) is 1.51. The Labute approximate surface area is 233 Å². The first kappa shape index (κ1) is 27.5. The molecule has 0 saturated heterocycles. The molecule has 210 valence electrons. The fourth-order valence-corrected chi connectivity index (χ4v) is 4.55. The van der Waals surface area contributed by atoms with E-state index in [4.69, 9.17) is 23.7 Å². The lowest BCUT2D eigenvalue weighted by atomic mass is 9.99. The summed E-state index contributed by atoms with van der Waals surface area (Å²) in [7, 11) is 7.10. The number of methoxy groups -OCH3 is 2. The number of fused-ring (bicyclic) bond motifs is 1. The summed E-state index contributed by atoms with van der Waals surface area (Å²) >= 11 is 0. The van der Waals surface area contributed by atoms with E-state index in [-0.39, 0.29) is 6.04 Å². The Morgan fingerprint density at radius 2 is 1.48 bits per heavy atom. The molecule has 5 rings (SSSR count). The molecule has 0 aliphatic carbocycles. The maximum atomic E-state index is 6.67. The molecule has 0 bridgehead atoms. The van der Waals surface area contributed by atoms with Gasteiger partial charge in [0.1, 0.15) is 29.7 Å². The zero-order valence-corrected chi connectivity index (χ0v) is 23.1. The van der Waals surface area contributed by atoms with Crippen LogP contribution in [0.25, 0.3) is 0 Å². The third-order valence-corrected chi connectivity index (χ3v) is 6.76. The topological polar surface area (TPSA) is 106 Å². The van der Waals surface area contributed by atoms with Crippen LogP contribution in [0.1, 0.15) is 34.5 Å². The van der Waals surface area contributed by atoms with Crippen molar-refractivity contribution in [3.8, 4) is 11.5 Å². The van der Waals surface area contributed by atoms with Crippen LogP contribution in [0.2, 0.25) is 0 Å². The number of rotatable bonds is 12. The predicted octanol–water partition coefficient (Wildman–Crippen LogP) is 3.77. The Morgan fingerprint density at radius 3 is 2.05 bits per heavy atom. The standard InChI is InChI=1S/C29H34N6O5/c1-34(2)29-30-13-22(14-31-29)27(39-16-20-5-9-24(36-3)10-6-20)28(26-19-38-18-23-15-32-33-35(23)26)40-17-21-7-11-25(37-4)12-8-21/h5-15,26-28H,16-19H2,1-4H3/t26-,27+,28+/m0/s1. The van der Waals surface area contributed by atoms with Crippen molar-refractivity contribution in [2.45, 2.75) is 38.1 Å². The second-order valence-corrected chi connectivity index (χ2v) is 9.67. The van der Waals surface area contributed by atoms with Gasteiger partial charge in [-0.15, -0.1) is 5.10 Å². The van der Waals surface area contributed by atoms with E-state index in [0.29, 0.717) is 32.4 Å². The number of hydrogen-bond donors (Lipinski definition) is 0. The molecule has 0 spiro atoms. The van der Waals surface area contributed by atoms with Gasteiger partial charge in [0.05, 0.1) is 52.5 Å². The van der Waals surface area contributed by atoms with Crippen LogP contribution in [-0.2, 0) is 34.0 Å². The highest BCUT2D eigenvalue weighted by atomic mass is 16.5. The van der Waals surface area contributed by atoms with Crippen LogP contribution in [0, 0.1) is 0 Å². The minimum atomic E-state index is -0.541. The minimum absolute atomic E-state index is 0.293. The second kappa shape index (κ2) is 12.9. The van der Waals surface area contributed by atoms with Crippen molar-refractivity contribution < 1.29 is 23.7 Å². The van der Waals surface area contributed by atoms with Gasteiger partial charge in [0.25, 0.3) is 0 Å². The number of aromatic nitrogens is 5. The van der Waals surface area contributed by atoms with Crippen molar-refractivity contribution in [2.75, 3.05) is 39.8 Å². The van der Waals surface area contributed by atoms with Gasteiger partial charge in [-0.3, -0.25) is 0 Å². The largest absolute Gasteiger partial charge is 0.497 e. The lowest BCUT2D eigenvalue weighted by Gasteiger charge is -2.36. The molecule has 2 aromatic carbocycles. The summed E-state index contributed by atoms with van der Waals surface area (Å²) < 4.78 is 31.7. The van der Waals surface area contributed by atoms with Gasteiger partial charge in [-0.1, -0.05) is 29.5 Å². The van der Waals surface area contributed by atoms with Gasteiger partial charge in [-0.2, -0.15) is 0 Å². The lowest BCUT2D eigenvalue weighted by molar-refractivity contribution is -0.130. The molecule has 0 amide bonds. The van der Waals surface area contributed by atoms with Crippen LogP contribution in [0.15, 0.2) is 67.1 Å². The zero-order valence-electron chi connectivity index (χ0n) is 23.1. The third-order valence-electron chi connectivity index (χ3n) is 6.76. The SMILES string of the molecule is COc1ccc(CO[C@@H]([C@H](OCc2ccc(OC)cc2)c2cnc(N(C)C)nc2)[C@@H]2COCc3cnnn32)cc1. The van der Waals surface area contributed by atoms with E-state index in [1.165, 1.54) is 0 Å². The summed E-state index contributed by atoms with van der Waals surface area (Å²) in [5, 5.41) is 8.50. The average Bonchev–Trinajstić information content (AvgIpc) is 3.49. The highest BCUT2D eigenvalue weighted by Gasteiger charge is 2.38. The van der Waals surface area contributed by atoms with Gasteiger partial charge in [0.15, 0.2) is 0 Å². The fourth-order valence-electron chi connectivity index (χ4n) is 4.55. The highest BCUT2D eigenvalue weighted by Crippen LogP contribution is 2.35. The Hall–Kier alpha value is -4.06. The molecule has 0 fully saturated rings. The highest BCUT2D eigenvalue weighted by molar-refractivity contribution is 5.29. The van der Waals surface area contributed by atoms with Crippen molar-refractivity contribution in [1.82, 2.24) is 25.0 Å². The fraction of sp³-hybridized carbons (Fsp3) is 0.379. The van der Waals surface area contributed by atoms with Gasteiger partial charge in [0, 0.05) is 32.1 Å². The molecule has 1 aliphatic heterocycles. The van der Waals surface area contributed by atoms with E-state index in [1.54, 1.807) is 32.8 Å². The summed E-state index contributed by atoms with van der Waals surface area (Å²) in [5.74, 6) is 2.17. The molecule has 0 radical (unpaired) electrons. The Morgan fingerprint density at radius 1 is 0.875 bits per heavy atom. The molecule has 0 N–H and O–H groups in total. The first-order valence-corrected chi connectivity index (χ1v) is 13.0. The molecular formula is C29H34N6O5. The Kier molecular flexibility index (Phi) is 8.84. The van der Waals surface area contributed by atoms with Gasteiger partial charge < -0.3 is 28.6 Å². The van der Waals surface area contributed by atoms with E-state index in [0.717, 1.165) is 33.9 Å². The maximum absolute atomic E-state index is 6.67. The van der Waals surface area contributed by atoms with E-state index in [2.05, 4.69) is 20.3 Å². The van der Waals surface area contributed by atoms with E-state index >= 15 is 0 Å². The lowest BCUT2D eigenvalue weighted by Crippen LogP contribution is -2.40. The van der Waals surface area contributed by atoms with E-state index in [9.17, 15) is 0 Å². The molecule has 0 saturated carbocycles. The summed E-state index contributed by atoms with van der Waals surface area (Å²) in [5.41, 5.74) is 3.65. The quantitative estimate of drug-likeness (QED) is 0.261. The van der Waals surface area contributed by atoms with Crippen LogP contribution in [0.5, 0.6) is 11.5 Å². The van der Waals surface area contributed by atoms with Crippen LogP contribution >= 0.6 is 0 Å². The molecule has 1 aliphatic rings. The summed E-state index contributed by atoms with van der Waals surface area (Å²) in [6.07, 6.45) is 4.25. The first-order chi connectivity index (χ1) is 19.6. The number of ether oxygens (including phenoxy) is 5.